The van der Waals surface area contributed by atoms with Crippen molar-refractivity contribution in [1.82, 2.24) is 16.0 Å². The number of rotatable bonds is 14. The van der Waals surface area contributed by atoms with Crippen LogP contribution in [0.2, 0.25) is 0 Å². The summed E-state index contributed by atoms with van der Waals surface area (Å²) in [7, 11) is 0. The molecule has 0 radical (unpaired) electrons. The zero-order valence-electron chi connectivity index (χ0n) is 37.2. The minimum Gasteiger partial charge on any atom is -0.353 e. The standard InChI is InChI=1S/C52H77FN4O2/c1-7-10-11-12-36(4)50-27-46(6)28-51(33-50,35-52(29-46,34-50)45(59)57-43-19-21-55-26-42(43)53)40(9-3)16-13-37(5)48-23-39-22-47(30-48,20-8-2)31-49(24-39,32-48)44(58)56-41-17-14-38(25-54)15-18-41/h7,9-13,16,38-39,41-43,55H,4-5,8,14-15,17-35,54H2,1-3,6H3,(H,56,58)(H,57,59)/b10-7-,12-11-,16-13-,40-9+/t38?,39?,41?,42-,43-,46+,47-,48-,49?,50+,51?,52?/m1/s1. The van der Waals surface area contributed by atoms with E-state index in [0.29, 0.717) is 24.2 Å². The Morgan fingerprint density at radius 1 is 0.763 bits per heavy atom. The molecule has 1 aliphatic heterocycles. The van der Waals surface area contributed by atoms with E-state index in [-0.39, 0.29) is 51.0 Å². The lowest BCUT2D eigenvalue weighted by atomic mass is 9.33. The summed E-state index contributed by atoms with van der Waals surface area (Å²) in [6, 6.07) is -0.188. The molecule has 2 amide bonds. The number of halogens is 1. The Kier molecular flexibility index (Phi) is 11.5. The van der Waals surface area contributed by atoms with Gasteiger partial charge in [-0.15, -0.1) is 0 Å². The second kappa shape index (κ2) is 15.9. The van der Waals surface area contributed by atoms with E-state index in [9.17, 15) is 9.59 Å². The van der Waals surface area contributed by atoms with Crippen LogP contribution < -0.4 is 21.7 Å². The first kappa shape index (κ1) is 42.9. The van der Waals surface area contributed by atoms with Crippen molar-refractivity contribution in [2.24, 2.45) is 55.5 Å². The number of allylic oxidation sites excluding steroid dienone is 10. The van der Waals surface area contributed by atoms with Gasteiger partial charge in [-0.3, -0.25) is 9.59 Å². The van der Waals surface area contributed by atoms with Crippen molar-refractivity contribution < 1.29 is 14.0 Å². The third-order valence-electron chi connectivity index (χ3n) is 17.8. The number of nitrogens with two attached hydrogens (primary N) is 1. The molecule has 8 bridgehead atoms. The molecule has 5 N–H and O–H groups in total. The van der Waals surface area contributed by atoms with Gasteiger partial charge in [-0.05, 0) is 198 Å². The SMILES string of the molecule is C=C(/C=C\C(=C/C)C12CC3(C(=O)N[C@@H]4CCNC[C@H]4F)C[C@](C)(C1)C[C@@](C(=C)/C=C\C=C/C)(C3)C2)[C@]12CC3CC(C(=O)NC4CCC(CN)CC4)(C[C@](CCC)(C3)C1)C2. The molecular weight excluding hydrogens is 732 g/mol. The quantitative estimate of drug-likeness (QED) is 0.131. The van der Waals surface area contributed by atoms with Crippen LogP contribution in [0.5, 0.6) is 0 Å². The Morgan fingerprint density at radius 3 is 2.12 bits per heavy atom. The molecule has 10 atom stereocenters. The van der Waals surface area contributed by atoms with Crippen molar-refractivity contribution in [1.29, 1.82) is 0 Å². The van der Waals surface area contributed by atoms with Crippen LogP contribution in [0.1, 0.15) is 150 Å². The molecule has 9 saturated carbocycles. The minimum atomic E-state index is -1.08. The predicted molar refractivity (Wildman–Crippen MR) is 239 cm³/mol. The molecule has 10 rings (SSSR count). The summed E-state index contributed by atoms with van der Waals surface area (Å²) in [6.07, 6.45) is 33.4. The highest BCUT2D eigenvalue weighted by Gasteiger charge is 2.70. The lowest BCUT2D eigenvalue weighted by molar-refractivity contribution is -0.182. The average molecular weight is 809 g/mol. The van der Waals surface area contributed by atoms with Gasteiger partial charge in [-0.25, -0.2) is 4.39 Å². The van der Waals surface area contributed by atoms with Gasteiger partial charge in [0.25, 0.3) is 0 Å². The smallest absolute Gasteiger partial charge is 0.226 e. The molecule has 10 fully saturated rings. The molecule has 7 heteroatoms. The van der Waals surface area contributed by atoms with E-state index >= 15 is 4.39 Å². The van der Waals surface area contributed by atoms with Crippen LogP contribution in [0, 0.1) is 49.7 Å². The van der Waals surface area contributed by atoms with Gasteiger partial charge in [-0.2, -0.15) is 0 Å². The molecule has 0 spiro atoms. The largest absolute Gasteiger partial charge is 0.353 e. The van der Waals surface area contributed by atoms with E-state index in [0.717, 1.165) is 121 Å². The summed E-state index contributed by atoms with van der Waals surface area (Å²) < 4.78 is 15.2. The van der Waals surface area contributed by atoms with Crippen LogP contribution in [-0.2, 0) is 9.59 Å². The van der Waals surface area contributed by atoms with E-state index in [2.05, 4.69) is 73.2 Å². The molecule has 6 nitrogen and oxygen atoms in total. The number of hydrogen-bond acceptors (Lipinski definition) is 4. The number of nitrogens with one attached hydrogen (secondary N) is 3. The fourth-order valence-corrected chi connectivity index (χ4v) is 16.7. The average Bonchev–Trinajstić information content (AvgIpc) is 3.17. The second-order valence-corrected chi connectivity index (χ2v) is 22.6. The molecule has 9 aliphatic carbocycles. The zero-order valence-corrected chi connectivity index (χ0v) is 37.2. The molecule has 0 aromatic heterocycles. The molecule has 59 heavy (non-hydrogen) atoms. The van der Waals surface area contributed by atoms with E-state index in [1.807, 2.05) is 13.0 Å². The highest BCUT2D eigenvalue weighted by molar-refractivity contribution is 5.85. The summed E-state index contributed by atoms with van der Waals surface area (Å²) in [6.45, 7) is 20.4. The van der Waals surface area contributed by atoms with E-state index in [1.54, 1.807) is 0 Å². The molecule has 1 heterocycles. The van der Waals surface area contributed by atoms with Crippen molar-refractivity contribution in [3.05, 3.63) is 72.4 Å². The maximum absolute atomic E-state index is 15.2. The first-order valence-electron chi connectivity index (χ1n) is 23.8. The highest BCUT2D eigenvalue weighted by atomic mass is 19.1. The third kappa shape index (κ3) is 7.63. The Balaban J connectivity index is 1.09. The number of alkyl halides is 1. The Morgan fingerprint density at radius 2 is 1.41 bits per heavy atom. The highest BCUT2D eigenvalue weighted by Crippen LogP contribution is 2.77. The molecule has 0 aromatic carbocycles. The number of hydrogen-bond donors (Lipinski definition) is 4. The normalized spacial score (nSPS) is 45.1. The van der Waals surface area contributed by atoms with Crippen LogP contribution >= 0.6 is 0 Å². The van der Waals surface area contributed by atoms with Crippen molar-refractivity contribution >= 4 is 11.8 Å². The Hall–Kier alpha value is -2.77. The summed E-state index contributed by atoms with van der Waals surface area (Å²) in [5.41, 5.74) is 8.31. The fourth-order valence-electron chi connectivity index (χ4n) is 16.7. The van der Waals surface area contributed by atoms with Crippen LogP contribution in [-0.4, -0.2) is 49.7 Å². The maximum Gasteiger partial charge on any atom is 0.226 e. The number of amides is 2. The maximum atomic E-state index is 15.2. The number of piperidine rings is 1. The van der Waals surface area contributed by atoms with Gasteiger partial charge in [-0.1, -0.05) is 76.0 Å². The van der Waals surface area contributed by atoms with Crippen LogP contribution in [0.3, 0.4) is 0 Å². The fraction of sp³-hybridized carbons (Fsp3) is 0.731. The van der Waals surface area contributed by atoms with Gasteiger partial charge in [0.05, 0.1) is 16.9 Å². The lowest BCUT2D eigenvalue weighted by Gasteiger charge is -2.70. The molecule has 4 unspecified atom stereocenters. The zero-order chi connectivity index (χ0) is 41.9. The third-order valence-corrected chi connectivity index (χ3v) is 17.8. The van der Waals surface area contributed by atoms with Gasteiger partial charge >= 0.3 is 0 Å². The van der Waals surface area contributed by atoms with E-state index in [4.69, 9.17) is 18.9 Å². The van der Waals surface area contributed by atoms with Gasteiger partial charge in [0, 0.05) is 12.6 Å². The lowest BCUT2D eigenvalue weighted by Crippen LogP contribution is -2.66. The summed E-state index contributed by atoms with van der Waals surface area (Å²) >= 11 is 0. The summed E-state index contributed by atoms with van der Waals surface area (Å²) in [5.74, 6) is 1.50. The molecular formula is C52H77FN4O2. The van der Waals surface area contributed by atoms with Gasteiger partial charge < -0.3 is 21.7 Å². The van der Waals surface area contributed by atoms with Gasteiger partial charge in [0.1, 0.15) is 6.17 Å². The molecule has 1 saturated heterocycles. The first-order valence-corrected chi connectivity index (χ1v) is 23.8. The van der Waals surface area contributed by atoms with Gasteiger partial charge in [0.15, 0.2) is 0 Å². The van der Waals surface area contributed by atoms with Crippen molar-refractivity contribution in [3.8, 4) is 0 Å². The molecule has 0 aromatic rings. The topological polar surface area (TPSA) is 96.2 Å². The van der Waals surface area contributed by atoms with Crippen LogP contribution in [0.25, 0.3) is 0 Å². The monoisotopic (exact) mass is 809 g/mol. The Labute approximate surface area is 356 Å². The van der Waals surface area contributed by atoms with Gasteiger partial charge in [0.2, 0.25) is 11.8 Å². The van der Waals surface area contributed by atoms with E-state index in [1.165, 1.54) is 24.0 Å². The van der Waals surface area contributed by atoms with Crippen LogP contribution in [0.4, 0.5) is 4.39 Å². The number of carbonyl (C=O) groups excluding carboxylic acids is 2. The van der Waals surface area contributed by atoms with Crippen molar-refractivity contribution in [3.63, 3.8) is 0 Å². The summed E-state index contributed by atoms with van der Waals surface area (Å²) in [5, 5.41) is 10.1. The number of carbonyl (C=O) groups is 2. The second-order valence-electron chi connectivity index (χ2n) is 22.6. The van der Waals surface area contributed by atoms with Crippen LogP contribution in [0.15, 0.2) is 72.4 Å². The van der Waals surface area contributed by atoms with Crippen molar-refractivity contribution in [2.75, 3.05) is 19.6 Å². The minimum absolute atomic E-state index is 0.0472. The molecule has 324 valence electrons. The van der Waals surface area contributed by atoms with Crippen molar-refractivity contribution in [2.45, 2.75) is 168 Å². The summed E-state index contributed by atoms with van der Waals surface area (Å²) in [4.78, 5) is 29.5. The predicted octanol–water partition coefficient (Wildman–Crippen LogP) is 10.3. The molecule has 10 aliphatic rings. The van der Waals surface area contributed by atoms with E-state index < -0.39 is 17.6 Å². The first-order chi connectivity index (χ1) is 28.1. The Bertz CT molecular complexity index is 1810.